The van der Waals surface area contributed by atoms with Crippen molar-refractivity contribution >= 4 is 5.69 Å². The van der Waals surface area contributed by atoms with Gasteiger partial charge in [0.25, 0.3) is 0 Å². The molecule has 1 saturated heterocycles. The molecule has 1 heterocycles. The highest BCUT2D eigenvalue weighted by molar-refractivity contribution is 5.75. The zero-order chi connectivity index (χ0) is 17.5. The minimum Gasteiger partial charge on any atom is -0.490 e. The Morgan fingerprint density at radius 3 is 2.44 bits per heavy atom. The molecule has 0 amide bonds. The molecule has 25 heavy (non-hydrogen) atoms. The Balaban J connectivity index is 1.83. The molecule has 0 aliphatic carbocycles. The number of nitrogens with zero attached hydrogens (tertiary/aromatic N) is 2. The molecule has 0 N–H and O–H groups in total. The van der Waals surface area contributed by atoms with Crippen molar-refractivity contribution in [2.24, 2.45) is 0 Å². The van der Waals surface area contributed by atoms with Crippen molar-refractivity contribution in [1.29, 1.82) is 5.26 Å². The molecule has 4 nitrogen and oxygen atoms in total. The predicted octanol–water partition coefficient (Wildman–Crippen LogP) is 4.24. The van der Waals surface area contributed by atoms with Gasteiger partial charge >= 0.3 is 0 Å². The molecule has 0 bridgehead atoms. The van der Waals surface area contributed by atoms with E-state index in [0.29, 0.717) is 24.5 Å². The molecule has 1 aliphatic rings. The topological polar surface area (TPSA) is 45.5 Å². The van der Waals surface area contributed by atoms with Crippen molar-refractivity contribution in [1.82, 2.24) is 0 Å². The summed E-state index contributed by atoms with van der Waals surface area (Å²) in [4.78, 5) is 2.43. The van der Waals surface area contributed by atoms with Crippen molar-refractivity contribution in [3.63, 3.8) is 0 Å². The lowest BCUT2D eigenvalue weighted by Crippen LogP contribution is -2.29. The van der Waals surface area contributed by atoms with E-state index in [2.05, 4.69) is 35.2 Å². The third kappa shape index (κ3) is 4.12. The van der Waals surface area contributed by atoms with Gasteiger partial charge in [-0.05, 0) is 43.0 Å². The van der Waals surface area contributed by atoms with E-state index >= 15 is 0 Å². The number of hydrogen-bond acceptors (Lipinski definition) is 4. The van der Waals surface area contributed by atoms with E-state index < -0.39 is 0 Å². The normalized spacial score (nSPS) is 14.2. The summed E-state index contributed by atoms with van der Waals surface area (Å²) in [6.07, 6.45) is 3.86. The summed E-state index contributed by atoms with van der Waals surface area (Å²) in [7, 11) is 1.63. The first-order chi connectivity index (χ1) is 12.3. The van der Waals surface area contributed by atoms with Crippen LogP contribution in [0.2, 0.25) is 0 Å². The standard InChI is InChI=1S/C21H24N2O2/c1-24-14-15-25-21-7-5-6-19(20(21)16-22)17-8-10-18(11-9-17)23-12-3-2-4-13-23/h5-11H,2-4,12-15H2,1H3. The monoisotopic (exact) mass is 336 g/mol. The maximum atomic E-state index is 9.61. The van der Waals surface area contributed by atoms with Gasteiger partial charge in [-0.25, -0.2) is 0 Å². The average molecular weight is 336 g/mol. The molecule has 0 spiro atoms. The van der Waals surface area contributed by atoms with Crippen LogP contribution in [0.4, 0.5) is 5.69 Å². The maximum Gasteiger partial charge on any atom is 0.137 e. The van der Waals surface area contributed by atoms with Crippen LogP contribution in [-0.2, 0) is 4.74 Å². The predicted molar refractivity (Wildman–Crippen MR) is 100 cm³/mol. The minimum absolute atomic E-state index is 0.433. The molecule has 4 heteroatoms. The third-order valence-electron chi connectivity index (χ3n) is 4.58. The highest BCUT2D eigenvalue weighted by Gasteiger charge is 2.13. The van der Waals surface area contributed by atoms with Crippen LogP contribution >= 0.6 is 0 Å². The van der Waals surface area contributed by atoms with Crippen LogP contribution in [0.3, 0.4) is 0 Å². The van der Waals surface area contributed by atoms with Gasteiger partial charge in [0.2, 0.25) is 0 Å². The van der Waals surface area contributed by atoms with Crippen molar-refractivity contribution in [3.05, 3.63) is 48.0 Å². The zero-order valence-electron chi connectivity index (χ0n) is 14.7. The van der Waals surface area contributed by atoms with Gasteiger partial charge in [-0.2, -0.15) is 5.26 Å². The summed E-state index contributed by atoms with van der Waals surface area (Å²) in [5.74, 6) is 0.608. The molecule has 0 radical (unpaired) electrons. The molecular formula is C21H24N2O2. The molecule has 3 rings (SSSR count). The van der Waals surface area contributed by atoms with Crippen molar-refractivity contribution in [2.45, 2.75) is 19.3 Å². The lowest BCUT2D eigenvalue weighted by Gasteiger charge is -2.28. The summed E-state index contributed by atoms with van der Waals surface area (Å²) < 4.78 is 10.7. The van der Waals surface area contributed by atoms with Gasteiger partial charge < -0.3 is 14.4 Å². The molecule has 1 fully saturated rings. The Hall–Kier alpha value is -2.51. The Morgan fingerprint density at radius 2 is 1.76 bits per heavy atom. The highest BCUT2D eigenvalue weighted by atomic mass is 16.5. The van der Waals surface area contributed by atoms with E-state index in [4.69, 9.17) is 9.47 Å². The number of benzene rings is 2. The molecule has 130 valence electrons. The van der Waals surface area contributed by atoms with E-state index in [-0.39, 0.29) is 0 Å². The SMILES string of the molecule is COCCOc1cccc(-c2ccc(N3CCCCC3)cc2)c1C#N. The lowest BCUT2D eigenvalue weighted by atomic mass is 9.99. The summed E-state index contributed by atoms with van der Waals surface area (Å²) >= 11 is 0. The van der Waals surface area contributed by atoms with Crippen LogP contribution in [-0.4, -0.2) is 33.4 Å². The fraction of sp³-hybridized carbons (Fsp3) is 0.381. The summed E-state index contributed by atoms with van der Waals surface area (Å²) in [6, 6.07) is 16.5. The Morgan fingerprint density at radius 1 is 1.00 bits per heavy atom. The minimum atomic E-state index is 0.433. The van der Waals surface area contributed by atoms with Crippen LogP contribution < -0.4 is 9.64 Å². The van der Waals surface area contributed by atoms with Crippen molar-refractivity contribution < 1.29 is 9.47 Å². The van der Waals surface area contributed by atoms with Crippen molar-refractivity contribution in [2.75, 3.05) is 38.3 Å². The molecule has 0 aromatic heterocycles. The third-order valence-corrected chi connectivity index (χ3v) is 4.58. The molecule has 0 saturated carbocycles. The van der Waals surface area contributed by atoms with Gasteiger partial charge in [-0.15, -0.1) is 0 Å². The first kappa shape index (κ1) is 17.3. The summed E-state index contributed by atoms with van der Waals surface area (Å²) in [5, 5.41) is 9.61. The number of piperidine rings is 1. The molecule has 0 unspecified atom stereocenters. The maximum absolute atomic E-state index is 9.61. The number of hydrogen-bond donors (Lipinski definition) is 0. The molecule has 2 aromatic rings. The van der Waals surface area contributed by atoms with E-state index in [1.54, 1.807) is 7.11 Å². The molecule has 0 atom stereocenters. The number of ether oxygens (including phenoxy) is 2. The number of rotatable bonds is 6. The van der Waals surface area contributed by atoms with Crippen LogP contribution in [0, 0.1) is 11.3 Å². The molecule has 2 aromatic carbocycles. The van der Waals surface area contributed by atoms with Gasteiger partial charge in [0.05, 0.1) is 6.61 Å². The van der Waals surface area contributed by atoms with Crippen LogP contribution in [0.15, 0.2) is 42.5 Å². The quantitative estimate of drug-likeness (QED) is 0.740. The highest BCUT2D eigenvalue weighted by Crippen LogP contribution is 2.31. The molecular weight excluding hydrogens is 312 g/mol. The van der Waals surface area contributed by atoms with E-state index in [1.807, 2.05) is 18.2 Å². The largest absolute Gasteiger partial charge is 0.490 e. The van der Waals surface area contributed by atoms with Gasteiger partial charge in [0.1, 0.15) is 24.0 Å². The average Bonchev–Trinajstić information content (AvgIpc) is 2.69. The van der Waals surface area contributed by atoms with Crippen LogP contribution in [0.1, 0.15) is 24.8 Å². The van der Waals surface area contributed by atoms with E-state index in [1.165, 1.54) is 24.9 Å². The number of methoxy groups -OCH3 is 1. The lowest BCUT2D eigenvalue weighted by molar-refractivity contribution is 0.146. The Kier molecular flexibility index (Phi) is 5.92. The fourth-order valence-corrected chi connectivity index (χ4v) is 3.25. The smallest absolute Gasteiger partial charge is 0.137 e. The summed E-state index contributed by atoms with van der Waals surface area (Å²) in [6.45, 7) is 3.19. The van der Waals surface area contributed by atoms with Gasteiger partial charge in [-0.3, -0.25) is 0 Å². The number of nitriles is 1. The van der Waals surface area contributed by atoms with Crippen LogP contribution in [0.25, 0.3) is 11.1 Å². The first-order valence-electron chi connectivity index (χ1n) is 8.83. The van der Waals surface area contributed by atoms with Gasteiger partial charge in [0.15, 0.2) is 0 Å². The fourth-order valence-electron chi connectivity index (χ4n) is 3.25. The van der Waals surface area contributed by atoms with Crippen molar-refractivity contribution in [3.8, 4) is 22.9 Å². The van der Waals surface area contributed by atoms with E-state index in [0.717, 1.165) is 24.2 Å². The van der Waals surface area contributed by atoms with Crippen LogP contribution in [0.5, 0.6) is 5.75 Å². The Bertz CT molecular complexity index is 729. The first-order valence-corrected chi connectivity index (χ1v) is 8.83. The Labute approximate surface area is 149 Å². The zero-order valence-corrected chi connectivity index (χ0v) is 14.7. The summed E-state index contributed by atoms with van der Waals surface area (Å²) in [5.41, 5.74) is 3.77. The second-order valence-corrected chi connectivity index (χ2v) is 6.23. The second-order valence-electron chi connectivity index (χ2n) is 6.23. The number of anilines is 1. The second kappa shape index (κ2) is 8.55. The van der Waals surface area contributed by atoms with Gasteiger partial charge in [0, 0.05) is 31.5 Å². The van der Waals surface area contributed by atoms with Gasteiger partial charge in [-0.1, -0.05) is 24.3 Å². The van der Waals surface area contributed by atoms with E-state index in [9.17, 15) is 5.26 Å². The molecule has 1 aliphatic heterocycles.